The number of carbonyl (C=O) groups excluding carboxylic acids is 1. The molecule has 6 rings (SSSR count). The van der Waals surface area contributed by atoms with Crippen LogP contribution in [0.25, 0.3) is 22.5 Å². The zero-order chi connectivity index (χ0) is 25.0. The summed E-state index contributed by atoms with van der Waals surface area (Å²) in [5.41, 5.74) is 8.22. The van der Waals surface area contributed by atoms with E-state index in [1.54, 1.807) is 29.3 Å². The summed E-state index contributed by atoms with van der Waals surface area (Å²) in [6.07, 6.45) is 6.38. The lowest BCUT2D eigenvalue weighted by Crippen LogP contribution is -2.39. The summed E-state index contributed by atoms with van der Waals surface area (Å²) >= 11 is 12.3. The number of aromatic amines is 1. The van der Waals surface area contributed by atoms with Crippen LogP contribution < -0.4 is 5.73 Å². The molecular weight excluding hydrogens is 508 g/mol. The summed E-state index contributed by atoms with van der Waals surface area (Å²) < 4.78 is 16.6. The molecule has 182 valence electrons. The number of nitrogens with one attached hydrogen (secondary N) is 1. The zero-order valence-electron chi connectivity index (χ0n) is 18.6. The van der Waals surface area contributed by atoms with E-state index in [9.17, 15) is 4.79 Å². The number of tetrazole rings is 1. The number of imidazole rings is 1. The highest BCUT2D eigenvalue weighted by molar-refractivity contribution is 6.32. The van der Waals surface area contributed by atoms with Crippen LogP contribution >= 0.6 is 23.2 Å². The molecule has 0 unspecified atom stereocenters. The number of anilines is 1. The van der Waals surface area contributed by atoms with Crippen LogP contribution in [-0.2, 0) is 4.79 Å². The second-order valence-electron chi connectivity index (χ2n) is 8.63. The second kappa shape index (κ2) is 8.68. The lowest BCUT2D eigenvalue weighted by molar-refractivity contribution is -0.129. The molecule has 1 saturated heterocycles. The third-order valence-corrected chi connectivity index (χ3v) is 7.15. The van der Waals surface area contributed by atoms with E-state index in [1.165, 1.54) is 23.2 Å². The van der Waals surface area contributed by atoms with Crippen LogP contribution in [0.5, 0.6) is 0 Å². The van der Waals surface area contributed by atoms with Crippen molar-refractivity contribution >= 4 is 40.5 Å². The number of aromatic nitrogens is 7. The predicted octanol–water partition coefficient (Wildman–Crippen LogP) is 3.99. The summed E-state index contributed by atoms with van der Waals surface area (Å²) in [6, 6.07) is 6.12. The van der Waals surface area contributed by atoms with Gasteiger partial charge >= 0.3 is 0 Å². The fourth-order valence-corrected chi connectivity index (χ4v) is 5.42. The number of H-pyrrole nitrogens is 1. The zero-order valence-corrected chi connectivity index (χ0v) is 20.1. The molecule has 4 aromatic rings. The van der Waals surface area contributed by atoms with Gasteiger partial charge in [-0.15, -0.1) is 5.10 Å². The highest BCUT2D eigenvalue weighted by atomic mass is 35.5. The van der Waals surface area contributed by atoms with Gasteiger partial charge in [0.2, 0.25) is 5.91 Å². The molecule has 2 aliphatic rings. The van der Waals surface area contributed by atoms with Crippen LogP contribution in [0, 0.1) is 5.82 Å². The van der Waals surface area contributed by atoms with Gasteiger partial charge in [-0.3, -0.25) is 4.79 Å². The average Bonchev–Trinajstić information content (AvgIpc) is 3.61. The molecule has 1 aromatic carbocycles. The van der Waals surface area contributed by atoms with Crippen molar-refractivity contribution in [3.05, 3.63) is 70.2 Å². The number of nitrogens with zero attached hydrogens (tertiary/aromatic N) is 7. The lowest BCUT2D eigenvalue weighted by Gasteiger charge is -2.33. The Balaban J connectivity index is 1.33. The van der Waals surface area contributed by atoms with E-state index in [1.807, 2.05) is 0 Å². The first-order chi connectivity index (χ1) is 17.4. The van der Waals surface area contributed by atoms with Crippen molar-refractivity contribution in [1.29, 1.82) is 0 Å². The summed E-state index contributed by atoms with van der Waals surface area (Å²) in [6.45, 7) is 0. The van der Waals surface area contributed by atoms with E-state index >= 15 is 4.39 Å². The maximum absolute atomic E-state index is 15.3. The van der Waals surface area contributed by atoms with Crippen LogP contribution in [-0.4, -0.2) is 52.0 Å². The third-order valence-electron chi connectivity index (χ3n) is 6.57. The number of benzene rings is 1. The highest BCUT2D eigenvalue weighted by Crippen LogP contribution is 2.44. The van der Waals surface area contributed by atoms with Crippen molar-refractivity contribution in [3.8, 4) is 16.9 Å². The van der Waals surface area contributed by atoms with E-state index in [0.717, 1.165) is 6.42 Å². The molecule has 1 fully saturated rings. The normalized spacial score (nSPS) is 19.5. The number of amides is 1. The van der Waals surface area contributed by atoms with E-state index in [4.69, 9.17) is 28.9 Å². The molecule has 10 nitrogen and oxygen atoms in total. The molecule has 36 heavy (non-hydrogen) atoms. The van der Waals surface area contributed by atoms with Crippen molar-refractivity contribution in [2.45, 2.75) is 31.3 Å². The van der Waals surface area contributed by atoms with Gasteiger partial charge in [-0.25, -0.2) is 14.4 Å². The van der Waals surface area contributed by atoms with Crippen molar-refractivity contribution in [2.24, 2.45) is 0 Å². The molecule has 0 bridgehead atoms. The van der Waals surface area contributed by atoms with Gasteiger partial charge in [0.15, 0.2) is 5.82 Å². The summed E-state index contributed by atoms with van der Waals surface area (Å²) in [7, 11) is 0. The van der Waals surface area contributed by atoms with E-state index in [-0.39, 0.29) is 33.7 Å². The van der Waals surface area contributed by atoms with Crippen molar-refractivity contribution in [3.63, 3.8) is 0 Å². The number of rotatable bonds is 4. The maximum atomic E-state index is 15.3. The maximum Gasteiger partial charge on any atom is 0.247 e. The standard InChI is InChI=1S/C23H18Cl2FN9O/c24-14-3-5-16(34-10-29-32-33-34)20(21(14)26)11-7-12-1-4-17(35(12)19(36)8-11)23-28-9-15(30-23)13-2-6-18(27)31-22(13)25/h2-3,5-6,8-10,12,17H,1,4,7H2,(H2,27,31)(H,28,30)/t12-,17+/m1/s1. The number of halogens is 3. The number of nitrogens with two attached hydrogens (primary N) is 1. The van der Waals surface area contributed by atoms with Crippen molar-refractivity contribution in [1.82, 2.24) is 40.1 Å². The Kier molecular flexibility index (Phi) is 5.45. The minimum absolute atomic E-state index is 0.0409. The Morgan fingerprint density at radius 2 is 2.03 bits per heavy atom. The van der Waals surface area contributed by atoms with E-state index < -0.39 is 5.82 Å². The highest BCUT2D eigenvalue weighted by Gasteiger charge is 2.42. The van der Waals surface area contributed by atoms with Crippen molar-refractivity contribution < 1.29 is 9.18 Å². The number of carbonyl (C=O) groups is 1. The molecule has 0 saturated carbocycles. The Labute approximate surface area is 213 Å². The fourth-order valence-electron chi connectivity index (χ4n) is 5.00. The topological polar surface area (TPSA) is 132 Å². The minimum atomic E-state index is -0.614. The molecule has 1 amide bonds. The van der Waals surface area contributed by atoms with Gasteiger partial charge in [0.1, 0.15) is 23.1 Å². The monoisotopic (exact) mass is 525 g/mol. The molecule has 2 aliphatic heterocycles. The van der Waals surface area contributed by atoms with Gasteiger partial charge in [-0.1, -0.05) is 23.2 Å². The SMILES string of the molecule is Nc1ccc(-c2cnc([C@@H]3CC[C@@H]4CC(c5c(-n6cnnn6)ccc(Cl)c5F)=CC(=O)N43)[nH]2)c(Cl)n1. The number of fused-ring (bicyclic) bond motifs is 1. The molecule has 2 atom stereocenters. The van der Waals surface area contributed by atoms with Crippen LogP contribution in [0.4, 0.5) is 10.2 Å². The summed E-state index contributed by atoms with van der Waals surface area (Å²) in [4.78, 5) is 27.0. The minimum Gasteiger partial charge on any atom is -0.384 e. The Morgan fingerprint density at radius 3 is 2.81 bits per heavy atom. The lowest BCUT2D eigenvalue weighted by atomic mass is 9.92. The van der Waals surface area contributed by atoms with Crippen LogP contribution in [0.2, 0.25) is 10.2 Å². The van der Waals surface area contributed by atoms with Crippen LogP contribution in [0.15, 0.2) is 42.9 Å². The van der Waals surface area contributed by atoms with Gasteiger partial charge in [0.25, 0.3) is 0 Å². The van der Waals surface area contributed by atoms with Crippen LogP contribution in [0.3, 0.4) is 0 Å². The molecule has 3 aromatic heterocycles. The molecule has 0 spiro atoms. The average molecular weight is 526 g/mol. The first-order valence-electron chi connectivity index (χ1n) is 11.1. The Bertz CT molecular complexity index is 1520. The predicted molar refractivity (Wildman–Crippen MR) is 131 cm³/mol. The van der Waals surface area contributed by atoms with Gasteiger partial charge in [-0.05, 0) is 59.5 Å². The second-order valence-corrected chi connectivity index (χ2v) is 9.40. The van der Waals surface area contributed by atoms with Gasteiger partial charge < -0.3 is 15.6 Å². The largest absolute Gasteiger partial charge is 0.384 e. The Morgan fingerprint density at radius 1 is 1.17 bits per heavy atom. The number of pyridine rings is 1. The van der Waals surface area contributed by atoms with Crippen LogP contribution in [0.1, 0.15) is 36.7 Å². The third kappa shape index (κ3) is 3.71. The number of nitrogen functional groups attached to an aromatic ring is 1. The van der Waals surface area contributed by atoms with Gasteiger partial charge in [0, 0.05) is 23.2 Å². The molecule has 0 aliphatic carbocycles. The van der Waals surface area contributed by atoms with E-state index in [0.29, 0.717) is 47.0 Å². The van der Waals surface area contributed by atoms with Crippen molar-refractivity contribution in [2.75, 3.05) is 5.73 Å². The quantitative estimate of drug-likeness (QED) is 0.385. The summed E-state index contributed by atoms with van der Waals surface area (Å²) in [5, 5.41) is 11.4. The number of hydrogen-bond donors (Lipinski definition) is 2. The molecule has 13 heteroatoms. The first kappa shape index (κ1) is 22.6. The number of hydrogen-bond acceptors (Lipinski definition) is 7. The molecule has 3 N–H and O–H groups in total. The fraction of sp³-hybridized carbons (Fsp3) is 0.217. The Hall–Kier alpha value is -3.83. The van der Waals surface area contributed by atoms with E-state index in [2.05, 4.69) is 30.5 Å². The first-order valence-corrected chi connectivity index (χ1v) is 11.9. The molecule has 5 heterocycles. The summed E-state index contributed by atoms with van der Waals surface area (Å²) in [5.74, 6) is 0.129. The van der Waals surface area contributed by atoms with Gasteiger partial charge in [0.05, 0.1) is 28.6 Å². The van der Waals surface area contributed by atoms with Gasteiger partial charge in [-0.2, -0.15) is 4.68 Å². The molecule has 0 radical (unpaired) electrons. The smallest absolute Gasteiger partial charge is 0.247 e. The molecular formula is C23H18Cl2FN9O.